The minimum absolute atomic E-state index is 0.244. The van der Waals surface area contributed by atoms with Gasteiger partial charge in [-0.3, -0.25) is 14.6 Å². The average molecular weight is 338 g/mol. The van der Waals surface area contributed by atoms with E-state index in [1.165, 1.54) is 19.4 Å². The Labute approximate surface area is 143 Å². The van der Waals surface area contributed by atoms with Crippen molar-refractivity contribution in [2.45, 2.75) is 13.8 Å². The van der Waals surface area contributed by atoms with Crippen LogP contribution >= 0.6 is 0 Å². The van der Waals surface area contributed by atoms with Crippen molar-refractivity contribution in [2.24, 2.45) is 10.9 Å². The number of methoxy groups -OCH3 is 1. The number of carbonyl (C=O) groups is 2. The fourth-order valence-corrected chi connectivity index (χ4v) is 2.55. The Bertz CT molecular complexity index is 1060. The fourth-order valence-electron chi connectivity index (χ4n) is 2.55. The summed E-state index contributed by atoms with van der Waals surface area (Å²) in [6, 6.07) is 3.29. The number of allylic oxidation sites excluding steroid dienone is 1. The molecule has 3 aromatic rings. The third-order valence-electron chi connectivity index (χ3n) is 3.84. The number of ketones is 1. The number of H-pyrrole nitrogens is 1. The van der Waals surface area contributed by atoms with Crippen molar-refractivity contribution in [1.29, 1.82) is 0 Å². The van der Waals surface area contributed by atoms with Crippen molar-refractivity contribution in [3.8, 4) is 0 Å². The molecule has 0 saturated heterocycles. The number of nitrogens with zero attached hydrogens (tertiary/aromatic N) is 2. The Morgan fingerprint density at radius 1 is 1.36 bits per heavy atom. The lowest BCUT2D eigenvalue weighted by molar-refractivity contribution is -0.120. The molecule has 7 heteroatoms. The SMILES string of the molecule is CO/C=C/C(=O)c1cc2cnc3c(N)cc(=NC(=O)C(C)C)c([nH]1)c23. The molecule has 25 heavy (non-hydrogen) atoms. The number of ether oxygens (including phenoxy) is 1. The van der Waals surface area contributed by atoms with Crippen LogP contribution in [0.3, 0.4) is 0 Å². The third-order valence-corrected chi connectivity index (χ3v) is 3.84. The number of rotatable bonds is 4. The number of amides is 1. The lowest BCUT2D eigenvalue weighted by Crippen LogP contribution is -2.14. The maximum atomic E-state index is 12.3. The van der Waals surface area contributed by atoms with Crippen LogP contribution in [-0.2, 0) is 9.53 Å². The number of hydrogen-bond acceptors (Lipinski definition) is 5. The minimum Gasteiger partial charge on any atom is -0.504 e. The van der Waals surface area contributed by atoms with E-state index in [0.717, 1.165) is 10.8 Å². The summed E-state index contributed by atoms with van der Waals surface area (Å²) in [5.41, 5.74) is 8.00. The largest absolute Gasteiger partial charge is 0.504 e. The van der Waals surface area contributed by atoms with Gasteiger partial charge in [-0.1, -0.05) is 13.8 Å². The summed E-state index contributed by atoms with van der Waals surface area (Å²) in [5, 5.41) is 1.90. The van der Waals surface area contributed by atoms with Crippen molar-refractivity contribution in [3.05, 3.63) is 41.7 Å². The first-order chi connectivity index (χ1) is 11.9. The molecular weight excluding hydrogens is 320 g/mol. The van der Waals surface area contributed by atoms with E-state index in [2.05, 4.69) is 15.0 Å². The average Bonchev–Trinajstić information content (AvgIpc) is 3.01. The van der Waals surface area contributed by atoms with Gasteiger partial charge in [-0.2, -0.15) is 0 Å². The van der Waals surface area contributed by atoms with Crippen LogP contribution < -0.4 is 11.1 Å². The zero-order valence-corrected chi connectivity index (χ0v) is 14.2. The molecule has 0 spiro atoms. The van der Waals surface area contributed by atoms with Crippen LogP contribution in [0.25, 0.3) is 21.8 Å². The van der Waals surface area contributed by atoms with Crippen molar-refractivity contribution >= 4 is 39.2 Å². The van der Waals surface area contributed by atoms with Gasteiger partial charge in [0.05, 0.1) is 41.1 Å². The molecule has 0 aliphatic rings. The Morgan fingerprint density at radius 2 is 2.12 bits per heavy atom. The lowest BCUT2D eigenvalue weighted by atomic mass is 10.1. The molecule has 1 amide bonds. The van der Waals surface area contributed by atoms with E-state index in [9.17, 15) is 9.59 Å². The van der Waals surface area contributed by atoms with E-state index >= 15 is 0 Å². The van der Waals surface area contributed by atoms with E-state index in [1.54, 1.807) is 32.2 Å². The van der Waals surface area contributed by atoms with Gasteiger partial charge < -0.3 is 15.5 Å². The van der Waals surface area contributed by atoms with Gasteiger partial charge in [-0.05, 0) is 12.1 Å². The number of nitrogen functional groups attached to an aromatic ring is 1. The summed E-state index contributed by atoms with van der Waals surface area (Å²) in [6.45, 7) is 3.54. The molecule has 0 bridgehead atoms. The zero-order chi connectivity index (χ0) is 18.1. The number of carbonyl (C=O) groups excluding carboxylic acids is 2. The van der Waals surface area contributed by atoms with Gasteiger partial charge in [0, 0.05) is 29.0 Å². The molecule has 0 saturated carbocycles. The first kappa shape index (κ1) is 16.6. The van der Waals surface area contributed by atoms with Gasteiger partial charge in [-0.25, -0.2) is 4.99 Å². The second-order valence-corrected chi connectivity index (χ2v) is 5.99. The van der Waals surface area contributed by atoms with E-state index in [4.69, 9.17) is 10.5 Å². The second-order valence-electron chi connectivity index (χ2n) is 5.99. The van der Waals surface area contributed by atoms with Crippen LogP contribution in [0, 0.1) is 5.92 Å². The molecule has 2 aromatic heterocycles. The summed E-state index contributed by atoms with van der Waals surface area (Å²) in [5.74, 6) is -0.773. The number of aromatic amines is 1. The summed E-state index contributed by atoms with van der Waals surface area (Å²) < 4.78 is 4.79. The zero-order valence-electron chi connectivity index (χ0n) is 14.2. The van der Waals surface area contributed by atoms with Gasteiger partial charge in [0.1, 0.15) is 0 Å². The molecule has 128 valence electrons. The number of pyridine rings is 1. The van der Waals surface area contributed by atoms with Crippen molar-refractivity contribution in [1.82, 2.24) is 9.97 Å². The molecule has 0 unspecified atom stereocenters. The number of benzene rings is 1. The Balaban J connectivity index is 2.33. The second kappa shape index (κ2) is 6.35. The number of hydrogen-bond donors (Lipinski definition) is 2. The highest BCUT2D eigenvalue weighted by molar-refractivity contribution is 6.15. The van der Waals surface area contributed by atoms with Crippen LogP contribution in [0.15, 0.2) is 35.7 Å². The molecule has 0 atom stereocenters. The van der Waals surface area contributed by atoms with Gasteiger partial charge >= 0.3 is 0 Å². The van der Waals surface area contributed by atoms with Gasteiger partial charge in [-0.15, -0.1) is 0 Å². The first-order valence-corrected chi connectivity index (χ1v) is 7.78. The van der Waals surface area contributed by atoms with Crippen LogP contribution in [0.4, 0.5) is 5.69 Å². The predicted molar refractivity (Wildman–Crippen MR) is 95.1 cm³/mol. The highest BCUT2D eigenvalue weighted by Crippen LogP contribution is 2.27. The molecule has 7 nitrogen and oxygen atoms in total. The van der Waals surface area contributed by atoms with Crippen molar-refractivity contribution in [3.63, 3.8) is 0 Å². The Kier molecular flexibility index (Phi) is 4.22. The first-order valence-electron chi connectivity index (χ1n) is 7.78. The van der Waals surface area contributed by atoms with Crippen LogP contribution in [0.1, 0.15) is 24.3 Å². The maximum absolute atomic E-state index is 12.3. The molecule has 0 fully saturated rings. The lowest BCUT2D eigenvalue weighted by Gasteiger charge is -2.06. The van der Waals surface area contributed by atoms with Gasteiger partial charge in [0.25, 0.3) is 0 Å². The topological polar surface area (TPSA) is 110 Å². The van der Waals surface area contributed by atoms with Crippen molar-refractivity contribution < 1.29 is 14.3 Å². The fraction of sp³-hybridized carbons (Fsp3) is 0.222. The van der Waals surface area contributed by atoms with Crippen LogP contribution in [0.2, 0.25) is 0 Å². The molecule has 0 aliphatic carbocycles. The number of aromatic nitrogens is 2. The summed E-state index contributed by atoms with van der Waals surface area (Å²) >= 11 is 0. The maximum Gasteiger partial charge on any atom is 0.248 e. The smallest absolute Gasteiger partial charge is 0.248 e. The molecule has 3 N–H and O–H groups in total. The third kappa shape index (κ3) is 2.96. The number of nitrogens with two attached hydrogens (primary N) is 1. The van der Waals surface area contributed by atoms with Gasteiger partial charge in [0.2, 0.25) is 11.7 Å². The molecule has 3 rings (SSSR count). The highest BCUT2D eigenvalue weighted by Gasteiger charge is 2.15. The number of nitrogens with one attached hydrogen (secondary N) is 1. The molecule has 1 aromatic carbocycles. The highest BCUT2D eigenvalue weighted by atomic mass is 16.5. The van der Waals surface area contributed by atoms with Crippen molar-refractivity contribution in [2.75, 3.05) is 12.8 Å². The standard InChI is InChI=1S/C18H18N4O3/c1-9(2)18(24)22-13-7-11(19)16-15-10(8-20-16)6-12(21-17(13)15)14(23)4-5-25-3/h4-9,21H,19H2,1-3H3/b5-4+,22-13?. The quantitative estimate of drug-likeness (QED) is 0.328. The van der Waals surface area contributed by atoms with E-state index < -0.39 is 0 Å². The van der Waals surface area contributed by atoms with Crippen LogP contribution in [0.5, 0.6) is 0 Å². The van der Waals surface area contributed by atoms with E-state index in [0.29, 0.717) is 27.8 Å². The van der Waals surface area contributed by atoms with E-state index in [1.807, 2.05) is 0 Å². The molecular formula is C18H18N4O3. The minimum atomic E-state index is -0.264. The summed E-state index contributed by atoms with van der Waals surface area (Å²) in [4.78, 5) is 35.9. The predicted octanol–water partition coefficient (Wildman–Crippen LogP) is 2.16. The van der Waals surface area contributed by atoms with Gasteiger partial charge in [0.15, 0.2) is 0 Å². The summed E-state index contributed by atoms with van der Waals surface area (Å²) in [7, 11) is 1.46. The Morgan fingerprint density at radius 3 is 2.80 bits per heavy atom. The monoisotopic (exact) mass is 338 g/mol. The Hall–Kier alpha value is -3.22. The van der Waals surface area contributed by atoms with E-state index in [-0.39, 0.29) is 17.6 Å². The molecule has 2 heterocycles. The summed E-state index contributed by atoms with van der Waals surface area (Å²) in [6.07, 6.45) is 4.26. The molecule has 0 aliphatic heterocycles. The number of anilines is 1. The molecule has 0 radical (unpaired) electrons. The van der Waals surface area contributed by atoms with Crippen LogP contribution in [-0.4, -0.2) is 28.8 Å². The normalized spacial score (nSPS) is 12.7.